The van der Waals surface area contributed by atoms with Crippen molar-refractivity contribution >= 4 is 57.3 Å². The Morgan fingerprint density at radius 1 is 1.03 bits per heavy atom. The van der Waals surface area contributed by atoms with Crippen molar-refractivity contribution in [3.05, 3.63) is 93.6 Å². The number of halogens is 2. The molecule has 3 aromatic carbocycles. The first kappa shape index (κ1) is 23.1. The fourth-order valence-corrected chi connectivity index (χ4v) is 4.70. The standard InChI is InChI=1S/C27H21Cl2N3O3/c1-16-23(13-20-14-26(33)32(30-20)21-5-3-4-19(29)12-21)24-15-22(35-2)10-11-25(24)31(16)27(34)17-6-8-18(28)9-7-17/h3-12,15H,13-14H2,1-2H3. The Balaban J connectivity index is 1.58. The Morgan fingerprint density at radius 2 is 1.80 bits per heavy atom. The molecule has 0 fully saturated rings. The summed E-state index contributed by atoms with van der Waals surface area (Å²) < 4.78 is 7.14. The molecule has 35 heavy (non-hydrogen) atoms. The molecule has 0 spiro atoms. The van der Waals surface area contributed by atoms with Gasteiger partial charge in [-0.05, 0) is 73.2 Å². The number of anilines is 1. The summed E-state index contributed by atoms with van der Waals surface area (Å²) in [5.74, 6) is 0.392. The van der Waals surface area contributed by atoms with E-state index in [9.17, 15) is 9.59 Å². The number of methoxy groups -OCH3 is 1. The number of hydrogen-bond donors (Lipinski definition) is 0. The SMILES string of the molecule is COc1ccc2c(c1)c(CC1=NN(c3cccc(Cl)c3)C(=O)C1)c(C)n2C(=O)c1ccc(Cl)cc1. The average molecular weight is 506 g/mol. The van der Waals surface area contributed by atoms with Gasteiger partial charge in [-0.2, -0.15) is 5.10 Å². The summed E-state index contributed by atoms with van der Waals surface area (Å²) in [6.45, 7) is 1.90. The van der Waals surface area contributed by atoms with E-state index in [0.717, 1.165) is 22.2 Å². The second-order valence-electron chi connectivity index (χ2n) is 8.30. The molecule has 0 saturated heterocycles. The van der Waals surface area contributed by atoms with Crippen LogP contribution in [0.15, 0.2) is 71.8 Å². The van der Waals surface area contributed by atoms with Crippen LogP contribution >= 0.6 is 23.2 Å². The number of fused-ring (bicyclic) bond motifs is 1. The Morgan fingerprint density at radius 3 is 2.51 bits per heavy atom. The number of hydrogen-bond acceptors (Lipinski definition) is 4. The second-order valence-corrected chi connectivity index (χ2v) is 9.17. The van der Waals surface area contributed by atoms with E-state index in [0.29, 0.717) is 39.2 Å². The Labute approximate surface area is 212 Å². The van der Waals surface area contributed by atoms with E-state index in [1.807, 2.05) is 25.1 Å². The van der Waals surface area contributed by atoms with Gasteiger partial charge in [-0.25, -0.2) is 5.01 Å². The zero-order chi connectivity index (χ0) is 24.7. The molecule has 2 heterocycles. The molecule has 4 aromatic rings. The Kier molecular flexibility index (Phi) is 6.09. The summed E-state index contributed by atoms with van der Waals surface area (Å²) in [4.78, 5) is 26.2. The third-order valence-corrected chi connectivity index (χ3v) is 6.59. The lowest BCUT2D eigenvalue weighted by Crippen LogP contribution is -2.19. The first-order chi connectivity index (χ1) is 16.9. The van der Waals surface area contributed by atoms with Crippen LogP contribution in [-0.2, 0) is 11.2 Å². The number of ether oxygens (including phenoxy) is 1. The third-order valence-electron chi connectivity index (χ3n) is 6.10. The zero-order valence-corrected chi connectivity index (χ0v) is 20.6. The molecule has 0 aliphatic carbocycles. The number of hydrazone groups is 1. The summed E-state index contributed by atoms with van der Waals surface area (Å²) in [7, 11) is 1.60. The molecule has 0 radical (unpaired) electrons. The van der Waals surface area contributed by atoms with E-state index in [1.165, 1.54) is 5.01 Å². The second kappa shape index (κ2) is 9.21. The van der Waals surface area contributed by atoms with E-state index in [-0.39, 0.29) is 18.2 Å². The number of benzene rings is 3. The normalized spacial score (nSPS) is 13.4. The summed E-state index contributed by atoms with van der Waals surface area (Å²) >= 11 is 12.1. The van der Waals surface area contributed by atoms with Crippen LogP contribution in [0.4, 0.5) is 5.69 Å². The number of nitrogens with zero attached hydrogens (tertiary/aromatic N) is 3. The monoisotopic (exact) mass is 505 g/mol. The highest BCUT2D eigenvalue weighted by Crippen LogP contribution is 2.32. The quantitative estimate of drug-likeness (QED) is 0.320. The molecule has 1 aliphatic rings. The molecule has 1 aliphatic heterocycles. The van der Waals surface area contributed by atoms with Crippen molar-refractivity contribution < 1.29 is 14.3 Å². The summed E-state index contributed by atoms with van der Waals surface area (Å²) in [6.07, 6.45) is 0.604. The number of amides is 1. The van der Waals surface area contributed by atoms with Crippen LogP contribution < -0.4 is 9.75 Å². The molecular formula is C27H21Cl2N3O3. The molecule has 1 amide bonds. The van der Waals surface area contributed by atoms with Crippen molar-refractivity contribution in [3.63, 3.8) is 0 Å². The number of rotatable bonds is 5. The topological polar surface area (TPSA) is 63.9 Å². The van der Waals surface area contributed by atoms with Crippen LogP contribution in [-0.4, -0.2) is 29.2 Å². The fraction of sp³-hybridized carbons (Fsp3) is 0.148. The predicted molar refractivity (Wildman–Crippen MR) is 139 cm³/mol. The van der Waals surface area contributed by atoms with Crippen LogP contribution in [0, 0.1) is 6.92 Å². The molecule has 176 valence electrons. The highest BCUT2D eigenvalue weighted by molar-refractivity contribution is 6.31. The molecule has 0 unspecified atom stereocenters. The molecule has 0 bridgehead atoms. The molecule has 0 atom stereocenters. The van der Waals surface area contributed by atoms with Gasteiger partial charge in [0, 0.05) is 33.1 Å². The Bertz CT molecular complexity index is 1510. The predicted octanol–water partition coefficient (Wildman–Crippen LogP) is 6.29. The Hall–Kier alpha value is -3.61. The van der Waals surface area contributed by atoms with Crippen LogP contribution in [0.1, 0.15) is 28.0 Å². The van der Waals surface area contributed by atoms with Crippen molar-refractivity contribution in [1.82, 2.24) is 4.57 Å². The van der Waals surface area contributed by atoms with Gasteiger partial charge < -0.3 is 4.74 Å². The van der Waals surface area contributed by atoms with Crippen LogP contribution in [0.25, 0.3) is 10.9 Å². The highest BCUT2D eigenvalue weighted by atomic mass is 35.5. The van der Waals surface area contributed by atoms with Gasteiger partial charge in [0.05, 0.1) is 30.4 Å². The number of carbonyl (C=O) groups excluding carboxylic acids is 2. The number of aromatic nitrogens is 1. The van der Waals surface area contributed by atoms with Crippen molar-refractivity contribution in [2.45, 2.75) is 19.8 Å². The molecule has 8 heteroatoms. The van der Waals surface area contributed by atoms with E-state index in [1.54, 1.807) is 60.2 Å². The lowest BCUT2D eigenvalue weighted by Gasteiger charge is -2.11. The lowest BCUT2D eigenvalue weighted by atomic mass is 10.0. The van der Waals surface area contributed by atoms with Crippen LogP contribution in [0.3, 0.4) is 0 Å². The maximum Gasteiger partial charge on any atom is 0.262 e. The average Bonchev–Trinajstić information content (AvgIpc) is 3.35. The van der Waals surface area contributed by atoms with Crippen molar-refractivity contribution in [3.8, 4) is 5.75 Å². The van der Waals surface area contributed by atoms with Gasteiger partial charge in [0.25, 0.3) is 11.8 Å². The smallest absolute Gasteiger partial charge is 0.262 e. The molecular weight excluding hydrogens is 485 g/mol. The minimum atomic E-state index is -0.162. The molecule has 0 saturated carbocycles. The fourth-order valence-electron chi connectivity index (χ4n) is 4.39. The molecule has 5 rings (SSSR count). The minimum Gasteiger partial charge on any atom is -0.497 e. The van der Waals surface area contributed by atoms with Gasteiger partial charge >= 0.3 is 0 Å². The van der Waals surface area contributed by atoms with E-state index in [2.05, 4.69) is 5.10 Å². The van der Waals surface area contributed by atoms with Gasteiger partial charge in [-0.1, -0.05) is 29.3 Å². The van der Waals surface area contributed by atoms with Crippen molar-refractivity contribution in [2.75, 3.05) is 12.1 Å². The van der Waals surface area contributed by atoms with Gasteiger partial charge in [0.1, 0.15) is 5.75 Å². The van der Waals surface area contributed by atoms with Crippen molar-refractivity contribution in [2.24, 2.45) is 5.10 Å². The maximum absolute atomic E-state index is 13.5. The first-order valence-electron chi connectivity index (χ1n) is 11.0. The van der Waals surface area contributed by atoms with Crippen LogP contribution in [0.5, 0.6) is 5.75 Å². The summed E-state index contributed by atoms with van der Waals surface area (Å²) in [5.41, 5.74) is 4.31. The van der Waals surface area contributed by atoms with Gasteiger partial charge in [-0.3, -0.25) is 14.2 Å². The minimum absolute atomic E-state index is 0.126. The summed E-state index contributed by atoms with van der Waals surface area (Å²) in [5, 5.41) is 7.95. The first-order valence-corrected chi connectivity index (χ1v) is 11.7. The van der Waals surface area contributed by atoms with Gasteiger partial charge in [0.2, 0.25) is 0 Å². The number of carbonyl (C=O) groups is 2. The lowest BCUT2D eigenvalue weighted by molar-refractivity contribution is -0.116. The van der Waals surface area contributed by atoms with Crippen molar-refractivity contribution in [1.29, 1.82) is 0 Å². The maximum atomic E-state index is 13.5. The van der Waals surface area contributed by atoms with E-state index < -0.39 is 0 Å². The van der Waals surface area contributed by atoms with Gasteiger partial charge in [-0.15, -0.1) is 0 Å². The highest BCUT2D eigenvalue weighted by Gasteiger charge is 2.28. The van der Waals surface area contributed by atoms with E-state index in [4.69, 9.17) is 27.9 Å². The van der Waals surface area contributed by atoms with Gasteiger partial charge in [0.15, 0.2) is 0 Å². The zero-order valence-electron chi connectivity index (χ0n) is 19.1. The van der Waals surface area contributed by atoms with Crippen LogP contribution in [0.2, 0.25) is 10.0 Å². The summed E-state index contributed by atoms with van der Waals surface area (Å²) in [6, 6.07) is 19.5. The molecule has 0 N–H and O–H groups in total. The largest absolute Gasteiger partial charge is 0.497 e. The van der Waals surface area contributed by atoms with E-state index >= 15 is 0 Å². The molecule has 1 aromatic heterocycles. The third kappa shape index (κ3) is 4.31. The molecule has 6 nitrogen and oxygen atoms in total.